The highest BCUT2D eigenvalue weighted by Crippen LogP contribution is 2.26. The van der Waals surface area contributed by atoms with Gasteiger partial charge in [0.25, 0.3) is 0 Å². The van der Waals surface area contributed by atoms with Gasteiger partial charge < -0.3 is 5.32 Å². The van der Waals surface area contributed by atoms with E-state index in [2.05, 4.69) is 34.3 Å². The minimum atomic E-state index is 0.881. The normalized spacial score (nSPS) is 10.4. The van der Waals surface area contributed by atoms with E-state index >= 15 is 0 Å². The standard InChI is InChI=1S/C15H13N3S/c1-11-5-4-6-12(9-11)17-15-18-14(10-19-15)13-7-2-3-8-16-13/h2-10H,1H3,(H,17,18). The van der Waals surface area contributed by atoms with Crippen LogP contribution in [0.4, 0.5) is 10.8 Å². The van der Waals surface area contributed by atoms with Gasteiger partial charge in [-0.1, -0.05) is 18.2 Å². The number of hydrogen-bond acceptors (Lipinski definition) is 4. The van der Waals surface area contributed by atoms with E-state index in [1.807, 2.05) is 35.7 Å². The quantitative estimate of drug-likeness (QED) is 0.770. The van der Waals surface area contributed by atoms with Crippen LogP contribution in [0.1, 0.15) is 5.56 Å². The Kier molecular flexibility index (Phi) is 3.25. The van der Waals surface area contributed by atoms with Crippen molar-refractivity contribution in [2.45, 2.75) is 6.92 Å². The van der Waals surface area contributed by atoms with Crippen LogP contribution in [0.2, 0.25) is 0 Å². The van der Waals surface area contributed by atoms with Crippen molar-refractivity contribution in [1.82, 2.24) is 9.97 Å². The van der Waals surface area contributed by atoms with Crippen molar-refractivity contribution in [1.29, 1.82) is 0 Å². The predicted octanol–water partition coefficient (Wildman–Crippen LogP) is 4.26. The van der Waals surface area contributed by atoms with Crippen molar-refractivity contribution in [3.8, 4) is 11.4 Å². The van der Waals surface area contributed by atoms with Gasteiger partial charge in [-0.15, -0.1) is 11.3 Å². The first kappa shape index (κ1) is 11.9. The summed E-state index contributed by atoms with van der Waals surface area (Å²) in [5, 5.41) is 6.21. The van der Waals surface area contributed by atoms with Crippen molar-refractivity contribution in [3.05, 3.63) is 59.6 Å². The smallest absolute Gasteiger partial charge is 0.187 e. The Labute approximate surface area is 116 Å². The number of rotatable bonds is 3. The van der Waals surface area contributed by atoms with Gasteiger partial charge in [-0.3, -0.25) is 4.98 Å². The molecule has 94 valence electrons. The second-order valence-electron chi connectivity index (χ2n) is 4.25. The van der Waals surface area contributed by atoms with Gasteiger partial charge in [-0.25, -0.2) is 4.98 Å². The second-order valence-corrected chi connectivity index (χ2v) is 5.11. The largest absolute Gasteiger partial charge is 0.332 e. The Balaban J connectivity index is 1.82. The Morgan fingerprint density at radius 3 is 2.79 bits per heavy atom. The summed E-state index contributed by atoms with van der Waals surface area (Å²) in [6.07, 6.45) is 1.78. The van der Waals surface area contributed by atoms with E-state index in [1.54, 1.807) is 17.5 Å². The van der Waals surface area contributed by atoms with E-state index in [0.717, 1.165) is 22.2 Å². The summed E-state index contributed by atoms with van der Waals surface area (Å²) in [6.45, 7) is 2.08. The molecule has 1 aromatic carbocycles. The molecule has 4 heteroatoms. The van der Waals surface area contributed by atoms with Gasteiger partial charge in [0.15, 0.2) is 5.13 Å². The van der Waals surface area contributed by atoms with Gasteiger partial charge in [0.2, 0.25) is 0 Å². The zero-order valence-corrected chi connectivity index (χ0v) is 11.3. The number of hydrogen-bond donors (Lipinski definition) is 1. The molecule has 0 aliphatic rings. The molecule has 1 N–H and O–H groups in total. The van der Waals surface area contributed by atoms with Gasteiger partial charge in [-0.05, 0) is 36.8 Å². The van der Waals surface area contributed by atoms with Gasteiger partial charge in [0.05, 0.1) is 5.69 Å². The molecule has 3 nitrogen and oxygen atoms in total. The fourth-order valence-corrected chi connectivity index (χ4v) is 2.53. The first-order valence-electron chi connectivity index (χ1n) is 6.02. The minimum Gasteiger partial charge on any atom is -0.332 e. The molecular weight excluding hydrogens is 254 g/mol. The van der Waals surface area contributed by atoms with Crippen LogP contribution in [0.5, 0.6) is 0 Å². The lowest BCUT2D eigenvalue weighted by atomic mass is 10.2. The molecule has 0 spiro atoms. The van der Waals surface area contributed by atoms with E-state index in [0.29, 0.717) is 0 Å². The minimum absolute atomic E-state index is 0.881. The third-order valence-electron chi connectivity index (χ3n) is 2.70. The van der Waals surface area contributed by atoms with Crippen LogP contribution < -0.4 is 5.32 Å². The fourth-order valence-electron chi connectivity index (χ4n) is 1.81. The number of pyridine rings is 1. The topological polar surface area (TPSA) is 37.8 Å². The molecule has 0 aliphatic heterocycles. The highest BCUT2D eigenvalue weighted by Gasteiger charge is 2.05. The molecule has 2 aromatic heterocycles. The van der Waals surface area contributed by atoms with Crippen LogP contribution in [0.25, 0.3) is 11.4 Å². The molecule has 0 fully saturated rings. The average molecular weight is 267 g/mol. The summed E-state index contributed by atoms with van der Waals surface area (Å²) in [6, 6.07) is 14.1. The molecule has 0 bridgehead atoms. The van der Waals surface area contributed by atoms with Crippen molar-refractivity contribution in [3.63, 3.8) is 0 Å². The fraction of sp³-hybridized carbons (Fsp3) is 0.0667. The van der Waals surface area contributed by atoms with Gasteiger partial charge in [0.1, 0.15) is 5.69 Å². The van der Waals surface area contributed by atoms with Crippen LogP contribution >= 0.6 is 11.3 Å². The van der Waals surface area contributed by atoms with E-state index in [4.69, 9.17) is 0 Å². The van der Waals surface area contributed by atoms with Gasteiger partial charge in [0, 0.05) is 17.3 Å². The number of nitrogens with zero attached hydrogens (tertiary/aromatic N) is 2. The lowest BCUT2D eigenvalue weighted by Crippen LogP contribution is -1.90. The summed E-state index contributed by atoms with van der Waals surface area (Å²) >= 11 is 1.58. The summed E-state index contributed by atoms with van der Waals surface area (Å²) in [5.41, 5.74) is 4.09. The zero-order chi connectivity index (χ0) is 13.1. The van der Waals surface area contributed by atoms with E-state index in [9.17, 15) is 0 Å². The number of anilines is 2. The number of aryl methyl sites for hydroxylation is 1. The molecule has 0 radical (unpaired) electrons. The third kappa shape index (κ3) is 2.80. The molecule has 0 unspecified atom stereocenters. The van der Waals surface area contributed by atoms with E-state index in [-0.39, 0.29) is 0 Å². The molecule has 19 heavy (non-hydrogen) atoms. The highest BCUT2D eigenvalue weighted by atomic mass is 32.1. The third-order valence-corrected chi connectivity index (χ3v) is 3.46. The Morgan fingerprint density at radius 2 is 2.00 bits per heavy atom. The van der Waals surface area contributed by atoms with Crippen molar-refractivity contribution >= 4 is 22.2 Å². The number of nitrogens with one attached hydrogen (secondary N) is 1. The Hall–Kier alpha value is -2.20. The molecule has 0 saturated carbocycles. The van der Waals surface area contributed by atoms with E-state index < -0.39 is 0 Å². The Morgan fingerprint density at radius 1 is 1.05 bits per heavy atom. The molecule has 0 saturated heterocycles. The van der Waals surface area contributed by atoms with Crippen molar-refractivity contribution in [2.75, 3.05) is 5.32 Å². The van der Waals surface area contributed by atoms with Crippen LogP contribution in [-0.4, -0.2) is 9.97 Å². The lowest BCUT2D eigenvalue weighted by Gasteiger charge is -2.02. The summed E-state index contributed by atoms with van der Waals surface area (Å²) in [7, 11) is 0. The predicted molar refractivity (Wildman–Crippen MR) is 79.8 cm³/mol. The summed E-state index contributed by atoms with van der Waals surface area (Å²) < 4.78 is 0. The molecule has 0 atom stereocenters. The second kappa shape index (κ2) is 5.20. The maximum Gasteiger partial charge on any atom is 0.187 e. The number of thiazole rings is 1. The van der Waals surface area contributed by atoms with Crippen LogP contribution in [0.15, 0.2) is 54.0 Å². The first-order chi connectivity index (χ1) is 9.31. The summed E-state index contributed by atoms with van der Waals surface area (Å²) in [5.74, 6) is 0. The number of aromatic nitrogens is 2. The monoisotopic (exact) mass is 267 g/mol. The highest BCUT2D eigenvalue weighted by molar-refractivity contribution is 7.14. The molecular formula is C15H13N3S. The lowest BCUT2D eigenvalue weighted by molar-refractivity contribution is 1.28. The van der Waals surface area contributed by atoms with Gasteiger partial charge >= 0.3 is 0 Å². The molecule has 0 amide bonds. The average Bonchev–Trinajstić information content (AvgIpc) is 2.88. The molecule has 3 aromatic rings. The maximum absolute atomic E-state index is 4.55. The SMILES string of the molecule is Cc1cccc(Nc2nc(-c3ccccn3)cs2)c1. The zero-order valence-electron chi connectivity index (χ0n) is 10.5. The molecule has 2 heterocycles. The van der Waals surface area contributed by atoms with Crippen LogP contribution in [-0.2, 0) is 0 Å². The maximum atomic E-state index is 4.55. The first-order valence-corrected chi connectivity index (χ1v) is 6.90. The van der Waals surface area contributed by atoms with Gasteiger partial charge in [-0.2, -0.15) is 0 Å². The van der Waals surface area contributed by atoms with E-state index in [1.165, 1.54) is 5.56 Å². The molecule has 0 aliphatic carbocycles. The van der Waals surface area contributed by atoms with Crippen molar-refractivity contribution < 1.29 is 0 Å². The Bertz CT molecular complexity index is 677. The van der Waals surface area contributed by atoms with Crippen LogP contribution in [0.3, 0.4) is 0 Å². The van der Waals surface area contributed by atoms with Crippen LogP contribution in [0, 0.1) is 6.92 Å². The summed E-state index contributed by atoms with van der Waals surface area (Å²) in [4.78, 5) is 8.85. The molecule has 3 rings (SSSR count). The van der Waals surface area contributed by atoms with Crippen molar-refractivity contribution in [2.24, 2.45) is 0 Å². The number of benzene rings is 1.